The van der Waals surface area contributed by atoms with E-state index in [0.717, 1.165) is 11.4 Å². The molecule has 0 aliphatic carbocycles. The first-order valence-electron chi connectivity index (χ1n) is 21.9. The first-order valence-corrected chi connectivity index (χ1v) is 22.7. The van der Waals surface area contributed by atoms with E-state index in [1.807, 2.05) is 11.3 Å². The Morgan fingerprint density at radius 2 is 0.703 bits per heavy atom. The van der Waals surface area contributed by atoms with Gasteiger partial charge in [0.15, 0.2) is 0 Å². The summed E-state index contributed by atoms with van der Waals surface area (Å²) in [4.78, 5) is 0. The SMILES string of the molecule is c1ccc(-c2ccc(-c3cc(-n4c5ccccc5c5ccc(-n6c7ccccc7c7cc(-n8c9ccccc9c9ccccc98)ccc76)cc54)c4c(c3)sc3ccccc34)cc2)cc1. The predicted molar refractivity (Wildman–Crippen MR) is 273 cm³/mol. The van der Waals surface area contributed by atoms with Crippen LogP contribution in [0, 0.1) is 0 Å². The van der Waals surface area contributed by atoms with E-state index in [4.69, 9.17) is 0 Å². The molecule has 0 saturated heterocycles. The van der Waals surface area contributed by atoms with E-state index in [1.165, 1.54) is 114 Å². The maximum Gasteiger partial charge on any atom is 0.0562 e. The molecule has 10 aromatic carbocycles. The Morgan fingerprint density at radius 1 is 0.250 bits per heavy atom. The fraction of sp³-hybridized carbons (Fsp3) is 0. The lowest BCUT2D eigenvalue weighted by Gasteiger charge is -2.15. The Hall–Kier alpha value is -8.18. The summed E-state index contributed by atoms with van der Waals surface area (Å²) < 4.78 is 9.99. The molecule has 0 aliphatic heterocycles. The third-order valence-electron chi connectivity index (χ3n) is 13.4. The molecule has 0 unspecified atom stereocenters. The van der Waals surface area contributed by atoms with Gasteiger partial charge in [-0.3, -0.25) is 0 Å². The van der Waals surface area contributed by atoms with Gasteiger partial charge in [0.25, 0.3) is 0 Å². The van der Waals surface area contributed by atoms with E-state index < -0.39 is 0 Å². The van der Waals surface area contributed by atoms with Gasteiger partial charge in [-0.25, -0.2) is 0 Å². The van der Waals surface area contributed by atoms with Crippen LogP contribution >= 0.6 is 11.3 Å². The van der Waals surface area contributed by atoms with Gasteiger partial charge in [0.1, 0.15) is 0 Å². The van der Waals surface area contributed by atoms with Crippen molar-refractivity contribution in [3.63, 3.8) is 0 Å². The first kappa shape index (κ1) is 35.4. The van der Waals surface area contributed by atoms with Crippen LogP contribution < -0.4 is 0 Å². The summed E-state index contributed by atoms with van der Waals surface area (Å²) in [5.41, 5.74) is 15.5. The van der Waals surface area contributed by atoms with Crippen molar-refractivity contribution in [2.75, 3.05) is 0 Å². The van der Waals surface area contributed by atoms with Crippen molar-refractivity contribution < 1.29 is 0 Å². The maximum atomic E-state index is 2.53. The summed E-state index contributed by atoms with van der Waals surface area (Å²) in [6.45, 7) is 0. The van der Waals surface area contributed by atoms with Gasteiger partial charge in [-0.05, 0) is 95.1 Å². The lowest BCUT2D eigenvalue weighted by Crippen LogP contribution is -1.98. The second-order valence-electron chi connectivity index (χ2n) is 16.9. The number of hydrogen-bond donors (Lipinski definition) is 0. The minimum atomic E-state index is 1.13. The van der Waals surface area contributed by atoms with E-state index in [1.54, 1.807) is 0 Å². The van der Waals surface area contributed by atoms with Crippen LogP contribution in [0.25, 0.3) is 125 Å². The lowest BCUT2D eigenvalue weighted by atomic mass is 9.98. The summed E-state index contributed by atoms with van der Waals surface area (Å²) in [5, 5.41) is 10.0. The molecule has 0 aliphatic rings. The molecule has 0 radical (unpaired) electrons. The van der Waals surface area contributed by atoms with Crippen molar-refractivity contribution in [1.82, 2.24) is 13.7 Å². The molecule has 0 fully saturated rings. The zero-order valence-electron chi connectivity index (χ0n) is 34.6. The van der Waals surface area contributed by atoms with Gasteiger partial charge < -0.3 is 13.7 Å². The highest BCUT2D eigenvalue weighted by Gasteiger charge is 2.21. The van der Waals surface area contributed by atoms with E-state index in [-0.39, 0.29) is 0 Å². The van der Waals surface area contributed by atoms with Gasteiger partial charge in [-0.15, -0.1) is 11.3 Å². The zero-order chi connectivity index (χ0) is 41.9. The van der Waals surface area contributed by atoms with Crippen molar-refractivity contribution in [1.29, 1.82) is 0 Å². The molecule has 14 aromatic rings. The number of para-hydroxylation sites is 4. The standard InChI is InChI=1S/C60H37N3S/c1-2-14-38(15-3-1)39-26-28-40(29-27-39)41-34-57(60-49-20-8-13-25-58(49)64-59(60)35-41)63-54-24-12-6-18-46(54)48-32-30-43(37-56(48)63)62-53-23-11-7-19-47(53)50-36-42(31-33-55(50)62)61-51-21-9-4-16-44(51)45-17-5-10-22-52(45)61/h1-37H. The molecular weight excluding hydrogens is 795 g/mol. The van der Waals surface area contributed by atoms with Gasteiger partial charge >= 0.3 is 0 Å². The van der Waals surface area contributed by atoms with Gasteiger partial charge in [0.2, 0.25) is 0 Å². The molecule has 14 rings (SSSR count). The largest absolute Gasteiger partial charge is 0.309 e. The molecule has 0 bridgehead atoms. The van der Waals surface area contributed by atoms with Gasteiger partial charge in [0, 0.05) is 63.9 Å². The van der Waals surface area contributed by atoms with Crippen molar-refractivity contribution in [3.05, 3.63) is 224 Å². The lowest BCUT2D eigenvalue weighted by molar-refractivity contribution is 1.16. The highest BCUT2D eigenvalue weighted by atomic mass is 32.1. The molecule has 3 nitrogen and oxygen atoms in total. The molecule has 0 N–H and O–H groups in total. The van der Waals surface area contributed by atoms with Crippen LogP contribution in [0.5, 0.6) is 0 Å². The average Bonchev–Trinajstić information content (AvgIpc) is 4.10. The molecule has 64 heavy (non-hydrogen) atoms. The van der Waals surface area contributed by atoms with Crippen molar-refractivity contribution in [2.24, 2.45) is 0 Å². The van der Waals surface area contributed by atoms with Crippen LogP contribution in [0.3, 0.4) is 0 Å². The van der Waals surface area contributed by atoms with E-state index in [2.05, 4.69) is 238 Å². The smallest absolute Gasteiger partial charge is 0.0562 e. The zero-order valence-corrected chi connectivity index (χ0v) is 35.4. The Morgan fingerprint density at radius 3 is 1.34 bits per heavy atom. The molecule has 0 saturated carbocycles. The van der Waals surface area contributed by atoms with Crippen molar-refractivity contribution in [3.8, 4) is 39.3 Å². The monoisotopic (exact) mass is 831 g/mol. The number of benzene rings is 10. The fourth-order valence-electron chi connectivity index (χ4n) is 10.6. The van der Waals surface area contributed by atoms with Crippen LogP contribution in [0.2, 0.25) is 0 Å². The minimum absolute atomic E-state index is 1.13. The maximum absolute atomic E-state index is 2.53. The molecule has 0 spiro atoms. The highest BCUT2D eigenvalue weighted by molar-refractivity contribution is 7.26. The molecule has 0 atom stereocenters. The van der Waals surface area contributed by atoms with Crippen molar-refractivity contribution in [2.45, 2.75) is 0 Å². The molecular formula is C60H37N3S. The summed E-state index contributed by atoms with van der Waals surface area (Å²) in [7, 11) is 0. The Bertz CT molecular complexity index is 4130. The van der Waals surface area contributed by atoms with E-state index in [9.17, 15) is 0 Å². The predicted octanol–water partition coefficient (Wildman–Crippen LogP) is 16.7. The number of fused-ring (bicyclic) bond motifs is 12. The quantitative estimate of drug-likeness (QED) is 0.164. The number of thiophene rings is 1. The molecule has 4 aromatic heterocycles. The second kappa shape index (κ2) is 13.7. The molecule has 0 amide bonds. The molecule has 4 heteroatoms. The number of rotatable bonds is 5. The number of hydrogen-bond acceptors (Lipinski definition) is 1. The Balaban J connectivity index is 1.01. The van der Waals surface area contributed by atoms with E-state index >= 15 is 0 Å². The van der Waals surface area contributed by atoms with Crippen molar-refractivity contribution >= 4 is 96.9 Å². The second-order valence-corrected chi connectivity index (χ2v) is 18.0. The molecule has 4 heterocycles. The summed E-state index contributed by atoms with van der Waals surface area (Å²) in [6.07, 6.45) is 0. The topological polar surface area (TPSA) is 14.8 Å². The Kier molecular flexibility index (Phi) is 7.56. The summed E-state index contributed by atoms with van der Waals surface area (Å²) in [6, 6.07) is 82.8. The van der Waals surface area contributed by atoms with Gasteiger partial charge in [-0.2, -0.15) is 0 Å². The van der Waals surface area contributed by atoms with Crippen LogP contribution in [0.4, 0.5) is 0 Å². The van der Waals surface area contributed by atoms with Crippen LogP contribution in [0.15, 0.2) is 224 Å². The minimum Gasteiger partial charge on any atom is -0.309 e. The van der Waals surface area contributed by atoms with Gasteiger partial charge in [0.05, 0.1) is 38.8 Å². The van der Waals surface area contributed by atoms with Crippen LogP contribution in [-0.2, 0) is 0 Å². The van der Waals surface area contributed by atoms with Gasteiger partial charge in [-0.1, -0.05) is 152 Å². The normalized spacial score (nSPS) is 12.1. The summed E-state index contributed by atoms with van der Waals surface area (Å²) >= 11 is 1.88. The first-order chi connectivity index (χ1) is 31.7. The van der Waals surface area contributed by atoms with E-state index in [0.29, 0.717) is 0 Å². The Labute approximate surface area is 372 Å². The number of nitrogens with zero attached hydrogens (tertiary/aromatic N) is 3. The summed E-state index contributed by atoms with van der Waals surface area (Å²) in [5.74, 6) is 0. The van der Waals surface area contributed by atoms with Crippen LogP contribution in [-0.4, -0.2) is 13.7 Å². The molecule has 298 valence electrons. The third-order valence-corrected chi connectivity index (χ3v) is 14.6. The fourth-order valence-corrected chi connectivity index (χ4v) is 11.8. The highest BCUT2D eigenvalue weighted by Crippen LogP contribution is 2.45. The van der Waals surface area contributed by atoms with Crippen LogP contribution in [0.1, 0.15) is 0 Å². The number of aromatic nitrogens is 3. The average molecular weight is 832 g/mol. The third kappa shape index (κ3) is 5.15.